The molecule has 0 atom stereocenters. The van der Waals surface area contributed by atoms with Gasteiger partial charge in [-0.1, -0.05) is 18.2 Å². The normalized spacial score (nSPS) is 9.30. The lowest BCUT2D eigenvalue weighted by Crippen LogP contribution is -1.99. The van der Waals surface area contributed by atoms with Crippen molar-refractivity contribution in [2.75, 3.05) is 6.54 Å². The van der Waals surface area contributed by atoms with Gasteiger partial charge in [0, 0.05) is 12.1 Å². The van der Waals surface area contributed by atoms with E-state index < -0.39 is 0 Å². The topological polar surface area (TPSA) is 3.01 Å². The standard InChI is InChI=1S/C9H12N/c1-3-10(2)9-7-5-4-6-8-9/h4-8H,2-3H2,1H3/q+1. The molecule has 0 bridgehead atoms. The molecule has 1 nitrogen and oxygen atoms in total. The molecule has 1 heteroatoms. The highest BCUT2D eigenvalue weighted by Crippen LogP contribution is 2.07. The predicted molar refractivity (Wildman–Crippen MR) is 44.0 cm³/mol. The minimum absolute atomic E-state index is 0.948. The molecule has 0 aliphatic carbocycles. The molecule has 1 aromatic rings. The Morgan fingerprint density at radius 3 is 2.40 bits per heavy atom. The van der Waals surface area contributed by atoms with E-state index in [1.54, 1.807) is 0 Å². The lowest BCUT2D eigenvalue weighted by molar-refractivity contribution is -0.426. The van der Waals surface area contributed by atoms with Crippen LogP contribution in [0.15, 0.2) is 30.3 Å². The Kier molecular flexibility index (Phi) is 2.21. The molecule has 1 aromatic carbocycles. The molecule has 52 valence electrons. The fourth-order valence-electron chi connectivity index (χ4n) is 0.821. The molecule has 10 heavy (non-hydrogen) atoms. The number of hydrogen-bond acceptors (Lipinski definition) is 0. The molecule has 0 fully saturated rings. The third kappa shape index (κ3) is 1.44. The van der Waals surface area contributed by atoms with Gasteiger partial charge in [0.05, 0.1) is 0 Å². The largest absolute Gasteiger partial charge is 0.206 e. The van der Waals surface area contributed by atoms with Crippen LogP contribution in [0.1, 0.15) is 6.92 Å². The van der Waals surface area contributed by atoms with Gasteiger partial charge in [-0.3, -0.25) is 0 Å². The molecule has 0 saturated heterocycles. The van der Waals surface area contributed by atoms with E-state index in [-0.39, 0.29) is 0 Å². The highest BCUT2D eigenvalue weighted by molar-refractivity contribution is 5.32. The predicted octanol–water partition coefficient (Wildman–Crippen LogP) is 2.05. The van der Waals surface area contributed by atoms with Crippen molar-refractivity contribution >= 4 is 12.4 Å². The summed E-state index contributed by atoms with van der Waals surface area (Å²) in [6, 6.07) is 10.1. The Balaban J connectivity index is 2.85. The fourth-order valence-corrected chi connectivity index (χ4v) is 0.821. The van der Waals surface area contributed by atoms with E-state index in [1.807, 2.05) is 22.8 Å². The van der Waals surface area contributed by atoms with Crippen LogP contribution in [0.3, 0.4) is 0 Å². The Hall–Kier alpha value is -1.11. The van der Waals surface area contributed by atoms with Crippen LogP contribution in [0.25, 0.3) is 0 Å². The first-order valence-electron chi connectivity index (χ1n) is 3.47. The molecule has 0 saturated carbocycles. The zero-order chi connectivity index (χ0) is 7.40. The van der Waals surface area contributed by atoms with E-state index in [1.165, 1.54) is 5.69 Å². The van der Waals surface area contributed by atoms with E-state index >= 15 is 0 Å². The smallest absolute Gasteiger partial charge is 0.204 e. The first-order chi connectivity index (χ1) is 4.84. The molecule has 0 N–H and O–H groups in total. The molecule has 0 spiro atoms. The van der Waals surface area contributed by atoms with Crippen molar-refractivity contribution in [1.29, 1.82) is 0 Å². The second-order valence-electron chi connectivity index (χ2n) is 2.19. The fraction of sp³-hybridized carbons (Fsp3) is 0.222. The van der Waals surface area contributed by atoms with Crippen molar-refractivity contribution in [3.8, 4) is 0 Å². The van der Waals surface area contributed by atoms with E-state index in [0.29, 0.717) is 0 Å². The van der Waals surface area contributed by atoms with E-state index in [0.717, 1.165) is 6.54 Å². The molecule has 0 heterocycles. The van der Waals surface area contributed by atoms with Crippen molar-refractivity contribution in [1.82, 2.24) is 0 Å². The second-order valence-corrected chi connectivity index (χ2v) is 2.19. The van der Waals surface area contributed by atoms with Gasteiger partial charge >= 0.3 is 0 Å². The number of nitrogens with zero attached hydrogens (tertiary/aromatic N) is 1. The van der Waals surface area contributed by atoms with Crippen molar-refractivity contribution < 1.29 is 4.58 Å². The van der Waals surface area contributed by atoms with Gasteiger partial charge in [-0.25, -0.2) is 4.58 Å². The molecule has 0 amide bonds. The summed E-state index contributed by atoms with van der Waals surface area (Å²) in [4.78, 5) is 0. The van der Waals surface area contributed by atoms with Gasteiger partial charge in [-0.2, -0.15) is 0 Å². The summed E-state index contributed by atoms with van der Waals surface area (Å²) < 4.78 is 1.96. The SMILES string of the molecule is C=[N+](CC)c1ccccc1. The van der Waals surface area contributed by atoms with Crippen LogP contribution in [-0.4, -0.2) is 17.8 Å². The third-order valence-electron chi connectivity index (χ3n) is 1.50. The van der Waals surface area contributed by atoms with Gasteiger partial charge in [-0.05, 0) is 6.92 Å². The summed E-state index contributed by atoms with van der Waals surface area (Å²) in [7, 11) is 0. The van der Waals surface area contributed by atoms with E-state index in [2.05, 4.69) is 25.8 Å². The van der Waals surface area contributed by atoms with Crippen LogP contribution in [-0.2, 0) is 0 Å². The van der Waals surface area contributed by atoms with Crippen LogP contribution < -0.4 is 0 Å². The summed E-state index contributed by atoms with van der Waals surface area (Å²) in [5, 5.41) is 0. The Morgan fingerprint density at radius 1 is 1.30 bits per heavy atom. The van der Waals surface area contributed by atoms with Crippen LogP contribution in [0, 0.1) is 0 Å². The molecular weight excluding hydrogens is 122 g/mol. The quantitative estimate of drug-likeness (QED) is 0.430. The Labute approximate surface area is 61.6 Å². The molecular formula is C9H12N+. The highest BCUT2D eigenvalue weighted by atomic mass is 15.0. The van der Waals surface area contributed by atoms with E-state index in [4.69, 9.17) is 0 Å². The van der Waals surface area contributed by atoms with Crippen molar-refractivity contribution in [3.63, 3.8) is 0 Å². The number of rotatable bonds is 2. The van der Waals surface area contributed by atoms with Crippen LogP contribution in [0.4, 0.5) is 5.69 Å². The van der Waals surface area contributed by atoms with Crippen LogP contribution >= 0.6 is 0 Å². The van der Waals surface area contributed by atoms with Crippen LogP contribution in [0.2, 0.25) is 0 Å². The molecule has 0 radical (unpaired) electrons. The zero-order valence-corrected chi connectivity index (χ0v) is 6.25. The second kappa shape index (κ2) is 3.16. The van der Waals surface area contributed by atoms with Gasteiger partial charge in [0.15, 0.2) is 0 Å². The van der Waals surface area contributed by atoms with Gasteiger partial charge in [-0.15, -0.1) is 0 Å². The van der Waals surface area contributed by atoms with Gasteiger partial charge in [0.1, 0.15) is 13.3 Å². The zero-order valence-electron chi connectivity index (χ0n) is 6.25. The first-order valence-corrected chi connectivity index (χ1v) is 3.47. The number of benzene rings is 1. The maximum absolute atomic E-state index is 3.86. The van der Waals surface area contributed by atoms with Crippen molar-refractivity contribution in [2.45, 2.75) is 6.92 Å². The summed E-state index contributed by atoms with van der Waals surface area (Å²) in [5.74, 6) is 0. The minimum Gasteiger partial charge on any atom is -0.206 e. The first kappa shape index (κ1) is 7.00. The molecule has 0 unspecified atom stereocenters. The van der Waals surface area contributed by atoms with Gasteiger partial charge < -0.3 is 0 Å². The summed E-state index contributed by atoms with van der Waals surface area (Å²) in [6.07, 6.45) is 0. The number of hydrogen-bond donors (Lipinski definition) is 0. The van der Waals surface area contributed by atoms with Crippen LogP contribution in [0.5, 0.6) is 0 Å². The molecule has 0 aliphatic rings. The maximum atomic E-state index is 3.86. The average molecular weight is 134 g/mol. The lowest BCUT2D eigenvalue weighted by Gasteiger charge is -1.94. The molecule has 1 rings (SSSR count). The summed E-state index contributed by atoms with van der Waals surface area (Å²) >= 11 is 0. The van der Waals surface area contributed by atoms with Gasteiger partial charge in [0.25, 0.3) is 0 Å². The van der Waals surface area contributed by atoms with Crippen molar-refractivity contribution in [3.05, 3.63) is 30.3 Å². The number of para-hydroxylation sites is 1. The molecule has 0 aromatic heterocycles. The maximum Gasteiger partial charge on any atom is 0.204 e. The van der Waals surface area contributed by atoms with E-state index in [9.17, 15) is 0 Å². The third-order valence-corrected chi connectivity index (χ3v) is 1.50. The summed E-state index contributed by atoms with van der Waals surface area (Å²) in [5.41, 5.74) is 1.17. The minimum atomic E-state index is 0.948. The van der Waals surface area contributed by atoms with Gasteiger partial charge in [0.2, 0.25) is 5.69 Å². The Bertz CT molecular complexity index is 213. The lowest BCUT2D eigenvalue weighted by atomic mass is 10.3. The summed E-state index contributed by atoms with van der Waals surface area (Å²) in [6.45, 7) is 6.89. The molecule has 0 aliphatic heterocycles. The average Bonchev–Trinajstić information content (AvgIpc) is 2.05. The van der Waals surface area contributed by atoms with Crippen molar-refractivity contribution in [2.24, 2.45) is 0 Å². The highest BCUT2D eigenvalue weighted by Gasteiger charge is 1.98. The Morgan fingerprint density at radius 2 is 1.90 bits per heavy atom. The monoisotopic (exact) mass is 134 g/mol.